The zero-order valence-corrected chi connectivity index (χ0v) is 26.0. The SMILES string of the molecule is COCOc1ccc(-c2cc(C(C3CCCCO3)N3CC(C)(C)N(CC(=O)OC)CC3(C)C)c3c(C)[nH]nc3n2)cc1. The number of aromatic nitrogens is 3. The zero-order valence-electron chi connectivity index (χ0n) is 26.0. The van der Waals surface area contributed by atoms with Crippen LogP contribution in [-0.4, -0.2) is 95.4 Å². The first-order valence-electron chi connectivity index (χ1n) is 14.8. The minimum absolute atomic E-state index is 0.0125. The maximum atomic E-state index is 12.3. The van der Waals surface area contributed by atoms with E-state index in [0.717, 1.165) is 66.1 Å². The average Bonchev–Trinajstić information content (AvgIpc) is 3.35. The average molecular weight is 580 g/mol. The molecule has 0 radical (unpaired) electrons. The zero-order chi connectivity index (χ0) is 30.1. The first-order chi connectivity index (χ1) is 20.0. The normalized spacial score (nSPS) is 21.7. The van der Waals surface area contributed by atoms with Gasteiger partial charge in [0.05, 0.1) is 31.5 Å². The Morgan fingerprint density at radius 1 is 1.12 bits per heavy atom. The van der Waals surface area contributed by atoms with Gasteiger partial charge in [-0.25, -0.2) is 4.98 Å². The molecular weight excluding hydrogens is 534 g/mol. The maximum Gasteiger partial charge on any atom is 0.319 e. The first kappa shape index (κ1) is 30.4. The van der Waals surface area contributed by atoms with Crippen molar-refractivity contribution in [3.8, 4) is 17.0 Å². The van der Waals surface area contributed by atoms with Crippen molar-refractivity contribution in [3.63, 3.8) is 0 Å². The van der Waals surface area contributed by atoms with Crippen molar-refractivity contribution >= 4 is 17.0 Å². The number of ether oxygens (including phenoxy) is 4. The van der Waals surface area contributed by atoms with Crippen LogP contribution in [0.2, 0.25) is 0 Å². The Labute approximate surface area is 248 Å². The van der Waals surface area contributed by atoms with E-state index in [1.165, 1.54) is 7.11 Å². The molecule has 0 spiro atoms. The second-order valence-electron chi connectivity index (χ2n) is 12.8. The van der Waals surface area contributed by atoms with Gasteiger partial charge in [0.25, 0.3) is 0 Å². The summed E-state index contributed by atoms with van der Waals surface area (Å²) >= 11 is 0. The fourth-order valence-electron chi connectivity index (χ4n) is 6.49. The van der Waals surface area contributed by atoms with Gasteiger partial charge in [-0.1, -0.05) is 0 Å². The Morgan fingerprint density at radius 2 is 1.88 bits per heavy atom. The van der Waals surface area contributed by atoms with Crippen molar-refractivity contribution in [1.29, 1.82) is 0 Å². The van der Waals surface area contributed by atoms with Crippen LogP contribution in [-0.2, 0) is 19.0 Å². The number of fused-ring (bicyclic) bond motifs is 1. The van der Waals surface area contributed by atoms with Crippen LogP contribution in [0.1, 0.15) is 64.3 Å². The summed E-state index contributed by atoms with van der Waals surface area (Å²) in [5.74, 6) is 0.521. The van der Waals surface area contributed by atoms with Gasteiger partial charge >= 0.3 is 5.97 Å². The molecule has 2 saturated heterocycles. The van der Waals surface area contributed by atoms with Crippen molar-refractivity contribution in [2.24, 2.45) is 0 Å². The van der Waals surface area contributed by atoms with E-state index in [4.69, 9.17) is 23.9 Å². The summed E-state index contributed by atoms with van der Waals surface area (Å²) in [5.41, 5.74) is 4.15. The molecule has 42 heavy (non-hydrogen) atoms. The number of esters is 1. The fraction of sp³-hybridized carbons (Fsp3) is 0.594. The highest BCUT2D eigenvalue weighted by Crippen LogP contribution is 2.44. The summed E-state index contributed by atoms with van der Waals surface area (Å²) < 4.78 is 22.3. The Hall–Kier alpha value is -3.05. The Kier molecular flexibility index (Phi) is 8.89. The number of carbonyl (C=O) groups excluding carboxylic acids is 1. The fourth-order valence-corrected chi connectivity index (χ4v) is 6.49. The predicted molar refractivity (Wildman–Crippen MR) is 161 cm³/mol. The number of aromatic amines is 1. The Balaban J connectivity index is 1.61. The van der Waals surface area contributed by atoms with E-state index in [-0.39, 0.29) is 42.5 Å². The number of hydrogen-bond acceptors (Lipinski definition) is 9. The molecule has 1 aromatic carbocycles. The van der Waals surface area contributed by atoms with Crippen molar-refractivity contribution in [2.45, 2.75) is 77.1 Å². The van der Waals surface area contributed by atoms with Crippen LogP contribution in [0.3, 0.4) is 0 Å². The highest BCUT2D eigenvalue weighted by Gasteiger charge is 2.49. The molecule has 0 bridgehead atoms. The largest absolute Gasteiger partial charge is 0.468 e. The molecule has 10 nitrogen and oxygen atoms in total. The summed E-state index contributed by atoms with van der Waals surface area (Å²) in [4.78, 5) is 22.2. The van der Waals surface area contributed by atoms with Gasteiger partial charge in [-0.3, -0.25) is 19.7 Å². The van der Waals surface area contributed by atoms with E-state index in [1.807, 2.05) is 24.3 Å². The Morgan fingerprint density at radius 3 is 2.55 bits per heavy atom. The third-order valence-corrected chi connectivity index (χ3v) is 8.77. The molecular formula is C32H45N5O5. The summed E-state index contributed by atoms with van der Waals surface area (Å²) in [6, 6.07) is 10.1. The van der Waals surface area contributed by atoms with Gasteiger partial charge < -0.3 is 18.9 Å². The van der Waals surface area contributed by atoms with Gasteiger partial charge in [0, 0.05) is 54.5 Å². The molecule has 2 aliphatic rings. The Bertz CT molecular complexity index is 1380. The number of aryl methyl sites for hydroxylation is 1. The van der Waals surface area contributed by atoms with Crippen LogP contribution in [0.15, 0.2) is 30.3 Å². The lowest BCUT2D eigenvalue weighted by Gasteiger charge is -2.58. The molecule has 4 heterocycles. The summed E-state index contributed by atoms with van der Waals surface area (Å²) in [6.45, 7) is 13.7. The summed E-state index contributed by atoms with van der Waals surface area (Å²) in [6.07, 6.45) is 3.19. The van der Waals surface area contributed by atoms with Gasteiger partial charge in [0.1, 0.15) is 5.75 Å². The third kappa shape index (κ3) is 6.17. The number of piperazine rings is 1. The highest BCUT2D eigenvalue weighted by atomic mass is 16.7. The summed E-state index contributed by atoms with van der Waals surface area (Å²) in [5, 5.41) is 8.86. The highest BCUT2D eigenvalue weighted by molar-refractivity contribution is 5.85. The van der Waals surface area contributed by atoms with E-state index < -0.39 is 0 Å². The summed E-state index contributed by atoms with van der Waals surface area (Å²) in [7, 11) is 3.06. The second-order valence-corrected chi connectivity index (χ2v) is 12.8. The molecule has 0 saturated carbocycles. The lowest BCUT2D eigenvalue weighted by atomic mass is 9.82. The predicted octanol–water partition coefficient (Wildman–Crippen LogP) is 4.87. The van der Waals surface area contributed by atoms with Crippen molar-refractivity contribution in [1.82, 2.24) is 25.0 Å². The molecule has 5 rings (SSSR count). The topological polar surface area (TPSA) is 102 Å². The van der Waals surface area contributed by atoms with Gasteiger partial charge in [-0.2, -0.15) is 5.10 Å². The number of benzene rings is 1. The molecule has 0 aliphatic carbocycles. The molecule has 3 aromatic rings. The molecule has 0 amide bonds. The maximum absolute atomic E-state index is 12.3. The van der Waals surface area contributed by atoms with Gasteiger partial charge in [-0.15, -0.1) is 0 Å². The lowest BCUT2D eigenvalue weighted by molar-refractivity contribution is -0.152. The molecule has 1 N–H and O–H groups in total. The monoisotopic (exact) mass is 579 g/mol. The number of nitrogens with one attached hydrogen (secondary N) is 1. The van der Waals surface area contributed by atoms with Crippen molar-refractivity contribution in [3.05, 3.63) is 41.6 Å². The van der Waals surface area contributed by atoms with Crippen LogP contribution in [0.4, 0.5) is 0 Å². The number of nitrogens with zero attached hydrogens (tertiary/aromatic N) is 4. The minimum Gasteiger partial charge on any atom is -0.468 e. The number of pyridine rings is 1. The van der Waals surface area contributed by atoms with Gasteiger partial charge in [0.15, 0.2) is 12.4 Å². The minimum atomic E-state index is -0.269. The molecule has 2 atom stereocenters. The van der Waals surface area contributed by atoms with Crippen LogP contribution in [0.5, 0.6) is 5.75 Å². The van der Waals surface area contributed by atoms with E-state index in [9.17, 15) is 4.79 Å². The molecule has 228 valence electrons. The van der Waals surface area contributed by atoms with E-state index >= 15 is 0 Å². The van der Waals surface area contributed by atoms with Crippen LogP contribution in [0, 0.1) is 6.92 Å². The quantitative estimate of drug-likeness (QED) is 0.281. The van der Waals surface area contributed by atoms with E-state index in [2.05, 4.69) is 60.7 Å². The first-order valence-corrected chi connectivity index (χ1v) is 14.8. The van der Waals surface area contributed by atoms with Crippen LogP contribution < -0.4 is 4.74 Å². The third-order valence-electron chi connectivity index (χ3n) is 8.77. The smallest absolute Gasteiger partial charge is 0.319 e. The van der Waals surface area contributed by atoms with Crippen LogP contribution in [0.25, 0.3) is 22.3 Å². The van der Waals surface area contributed by atoms with Crippen molar-refractivity contribution in [2.75, 3.05) is 47.3 Å². The molecule has 2 aliphatic heterocycles. The van der Waals surface area contributed by atoms with Gasteiger partial charge in [-0.05, 0) is 89.8 Å². The standard InChI is InChI=1S/C32H45N5O5/c1-21-28-24(16-25(33-30(28)35-34-21)22-11-13-23(14-12-22)42-20-39-6)29(26-10-8-9-15-41-26)37-19-31(2,3)36(17-27(38)40-7)18-32(37,4)5/h11-14,16,26,29H,8-10,15,17-20H2,1-7H3,(H,33,34,35). The van der Waals surface area contributed by atoms with Crippen molar-refractivity contribution < 1.29 is 23.7 Å². The number of hydrogen-bond donors (Lipinski definition) is 1. The van der Waals surface area contributed by atoms with E-state index in [1.54, 1.807) is 7.11 Å². The van der Waals surface area contributed by atoms with E-state index in [0.29, 0.717) is 12.2 Å². The van der Waals surface area contributed by atoms with Crippen LogP contribution >= 0.6 is 0 Å². The number of methoxy groups -OCH3 is 2. The molecule has 10 heteroatoms. The number of H-pyrrole nitrogens is 1. The molecule has 2 fully saturated rings. The molecule has 2 unspecified atom stereocenters. The van der Waals surface area contributed by atoms with Gasteiger partial charge in [0.2, 0.25) is 0 Å². The number of carbonyl (C=O) groups is 1. The molecule has 2 aromatic heterocycles. The number of rotatable bonds is 9. The second kappa shape index (κ2) is 12.3. The lowest BCUT2D eigenvalue weighted by Crippen LogP contribution is -2.69.